The Hall–Kier alpha value is -0.380. The smallest absolute Gasteiger partial charge is 0.00578 e. The number of thiophene rings is 1. The van der Waals surface area contributed by atoms with E-state index in [2.05, 4.69) is 29.8 Å². The van der Waals surface area contributed by atoms with Crippen LogP contribution in [0.25, 0.3) is 0 Å². The maximum absolute atomic E-state index is 5.66. The van der Waals surface area contributed by atoms with Gasteiger partial charge in [0.05, 0.1) is 0 Å². The molecule has 0 bridgehead atoms. The molecule has 0 spiro atoms. The monoisotopic (exact) mass is 212 g/mol. The maximum atomic E-state index is 5.66. The molecule has 0 fully saturated rings. The lowest BCUT2D eigenvalue weighted by molar-refractivity contribution is 0.576. The van der Waals surface area contributed by atoms with E-state index in [1.54, 1.807) is 0 Å². The van der Waals surface area contributed by atoms with E-state index >= 15 is 0 Å². The largest absolute Gasteiger partial charge is 0.328 e. The van der Waals surface area contributed by atoms with Gasteiger partial charge in [-0.05, 0) is 50.7 Å². The molecule has 1 atom stereocenters. The summed E-state index contributed by atoms with van der Waals surface area (Å²) in [4.78, 5) is 1.46. The van der Waals surface area contributed by atoms with E-state index in [0.717, 1.165) is 25.9 Å². The second-order valence-electron chi connectivity index (χ2n) is 3.70. The molecular formula is C11H20N2S. The predicted molar refractivity (Wildman–Crippen MR) is 63.8 cm³/mol. The van der Waals surface area contributed by atoms with Crippen LogP contribution in [0.1, 0.15) is 24.6 Å². The SMILES string of the molecule is CC(N)CCCNCCc1cccs1. The first-order valence-corrected chi connectivity index (χ1v) is 6.15. The van der Waals surface area contributed by atoms with Crippen LogP contribution >= 0.6 is 11.3 Å². The molecule has 1 unspecified atom stereocenters. The molecule has 0 aliphatic rings. The summed E-state index contributed by atoms with van der Waals surface area (Å²) in [7, 11) is 0. The van der Waals surface area contributed by atoms with Crippen molar-refractivity contribution >= 4 is 11.3 Å². The van der Waals surface area contributed by atoms with Crippen molar-refractivity contribution in [1.82, 2.24) is 5.32 Å². The van der Waals surface area contributed by atoms with Gasteiger partial charge in [0.25, 0.3) is 0 Å². The fraction of sp³-hybridized carbons (Fsp3) is 0.636. The molecule has 0 saturated carbocycles. The summed E-state index contributed by atoms with van der Waals surface area (Å²) in [5, 5.41) is 5.56. The zero-order chi connectivity index (χ0) is 10.2. The average molecular weight is 212 g/mol. The first-order valence-electron chi connectivity index (χ1n) is 5.27. The van der Waals surface area contributed by atoms with Crippen LogP contribution in [0, 0.1) is 0 Å². The second kappa shape index (κ2) is 6.98. The Morgan fingerprint density at radius 1 is 1.50 bits per heavy atom. The standard InChI is InChI=1S/C11H20N2S/c1-10(12)4-2-7-13-8-6-11-5-3-9-14-11/h3,5,9-10,13H,2,4,6-8,12H2,1H3. The minimum Gasteiger partial charge on any atom is -0.328 e. The van der Waals surface area contributed by atoms with Crippen molar-refractivity contribution < 1.29 is 0 Å². The maximum Gasteiger partial charge on any atom is 0.00578 e. The van der Waals surface area contributed by atoms with Crippen LogP contribution < -0.4 is 11.1 Å². The Kier molecular flexibility index (Phi) is 5.83. The highest BCUT2D eigenvalue weighted by atomic mass is 32.1. The van der Waals surface area contributed by atoms with Gasteiger partial charge in [0, 0.05) is 10.9 Å². The Balaban J connectivity index is 1.90. The van der Waals surface area contributed by atoms with Crippen LogP contribution in [0.4, 0.5) is 0 Å². The van der Waals surface area contributed by atoms with Crippen molar-refractivity contribution in [3.63, 3.8) is 0 Å². The number of hydrogen-bond acceptors (Lipinski definition) is 3. The van der Waals surface area contributed by atoms with Crippen molar-refractivity contribution in [3.05, 3.63) is 22.4 Å². The number of hydrogen-bond donors (Lipinski definition) is 2. The fourth-order valence-electron chi connectivity index (χ4n) is 1.34. The molecule has 0 amide bonds. The summed E-state index contributed by atoms with van der Waals surface area (Å²) in [5.41, 5.74) is 5.66. The first kappa shape index (κ1) is 11.7. The van der Waals surface area contributed by atoms with Crippen LogP contribution in [0.15, 0.2) is 17.5 Å². The third-order valence-electron chi connectivity index (χ3n) is 2.14. The van der Waals surface area contributed by atoms with E-state index in [4.69, 9.17) is 5.73 Å². The normalized spacial score (nSPS) is 13.0. The van der Waals surface area contributed by atoms with Crippen LogP contribution in [0.3, 0.4) is 0 Å². The van der Waals surface area contributed by atoms with Gasteiger partial charge >= 0.3 is 0 Å². The average Bonchev–Trinajstić information content (AvgIpc) is 2.63. The molecule has 80 valence electrons. The first-order chi connectivity index (χ1) is 6.79. The van der Waals surface area contributed by atoms with E-state index in [1.807, 2.05) is 11.3 Å². The zero-order valence-electron chi connectivity index (χ0n) is 8.83. The third kappa shape index (κ3) is 5.37. The topological polar surface area (TPSA) is 38.0 Å². The van der Waals surface area contributed by atoms with Gasteiger partial charge in [-0.3, -0.25) is 0 Å². The molecule has 3 heteroatoms. The van der Waals surface area contributed by atoms with Crippen molar-refractivity contribution in [1.29, 1.82) is 0 Å². The van der Waals surface area contributed by atoms with Gasteiger partial charge in [0.2, 0.25) is 0 Å². The van der Waals surface area contributed by atoms with E-state index in [0.29, 0.717) is 6.04 Å². The van der Waals surface area contributed by atoms with Crippen molar-refractivity contribution in [3.8, 4) is 0 Å². The minimum absolute atomic E-state index is 0.342. The Morgan fingerprint density at radius 2 is 2.36 bits per heavy atom. The highest BCUT2D eigenvalue weighted by Gasteiger charge is 1.95. The summed E-state index contributed by atoms with van der Waals surface area (Å²) in [6.07, 6.45) is 3.45. The van der Waals surface area contributed by atoms with Crippen molar-refractivity contribution in [2.24, 2.45) is 5.73 Å². The lowest BCUT2D eigenvalue weighted by Gasteiger charge is -2.05. The van der Waals surface area contributed by atoms with Gasteiger partial charge in [-0.1, -0.05) is 6.07 Å². The molecule has 0 saturated heterocycles. The minimum atomic E-state index is 0.342. The summed E-state index contributed by atoms with van der Waals surface area (Å²) in [6, 6.07) is 4.64. The summed E-state index contributed by atoms with van der Waals surface area (Å²) < 4.78 is 0. The molecule has 0 aromatic carbocycles. The molecule has 0 aliphatic heterocycles. The lowest BCUT2D eigenvalue weighted by atomic mass is 10.2. The lowest BCUT2D eigenvalue weighted by Crippen LogP contribution is -2.21. The molecule has 0 aliphatic carbocycles. The Bertz CT molecular complexity index is 219. The van der Waals surface area contributed by atoms with Crippen LogP contribution in [-0.4, -0.2) is 19.1 Å². The molecule has 1 heterocycles. The van der Waals surface area contributed by atoms with Crippen LogP contribution in [-0.2, 0) is 6.42 Å². The van der Waals surface area contributed by atoms with Crippen LogP contribution in [0.5, 0.6) is 0 Å². The van der Waals surface area contributed by atoms with E-state index in [9.17, 15) is 0 Å². The number of nitrogens with two attached hydrogens (primary N) is 1. The molecule has 3 N–H and O–H groups in total. The molecule has 1 aromatic heterocycles. The predicted octanol–water partition coefficient (Wildman–Crippen LogP) is 2.01. The summed E-state index contributed by atoms with van der Waals surface area (Å²) in [5.74, 6) is 0. The Morgan fingerprint density at radius 3 is 3.00 bits per heavy atom. The summed E-state index contributed by atoms with van der Waals surface area (Å²) >= 11 is 1.83. The van der Waals surface area contributed by atoms with Gasteiger partial charge in [-0.15, -0.1) is 11.3 Å². The van der Waals surface area contributed by atoms with Gasteiger partial charge in [-0.25, -0.2) is 0 Å². The highest BCUT2D eigenvalue weighted by molar-refractivity contribution is 7.09. The molecule has 1 rings (SSSR count). The molecule has 0 radical (unpaired) electrons. The van der Waals surface area contributed by atoms with Crippen LogP contribution in [0.2, 0.25) is 0 Å². The van der Waals surface area contributed by atoms with E-state index < -0.39 is 0 Å². The van der Waals surface area contributed by atoms with E-state index in [1.165, 1.54) is 11.3 Å². The molecular weight excluding hydrogens is 192 g/mol. The van der Waals surface area contributed by atoms with E-state index in [-0.39, 0.29) is 0 Å². The number of rotatable bonds is 7. The quantitative estimate of drug-likeness (QED) is 0.679. The molecule has 14 heavy (non-hydrogen) atoms. The number of nitrogens with one attached hydrogen (secondary N) is 1. The van der Waals surface area contributed by atoms with Gasteiger partial charge < -0.3 is 11.1 Å². The molecule has 2 nitrogen and oxygen atoms in total. The van der Waals surface area contributed by atoms with Gasteiger partial charge in [0.1, 0.15) is 0 Å². The van der Waals surface area contributed by atoms with Crippen molar-refractivity contribution in [2.75, 3.05) is 13.1 Å². The fourth-order valence-corrected chi connectivity index (χ4v) is 2.05. The second-order valence-corrected chi connectivity index (χ2v) is 4.73. The Labute approximate surface area is 90.5 Å². The summed E-state index contributed by atoms with van der Waals surface area (Å²) in [6.45, 7) is 4.23. The zero-order valence-corrected chi connectivity index (χ0v) is 9.65. The van der Waals surface area contributed by atoms with Crippen molar-refractivity contribution in [2.45, 2.75) is 32.2 Å². The molecule has 1 aromatic rings. The van der Waals surface area contributed by atoms with Gasteiger partial charge in [0.15, 0.2) is 0 Å². The van der Waals surface area contributed by atoms with Gasteiger partial charge in [-0.2, -0.15) is 0 Å². The third-order valence-corrected chi connectivity index (χ3v) is 3.08. The highest BCUT2D eigenvalue weighted by Crippen LogP contribution is 2.07.